The van der Waals surface area contributed by atoms with Crippen molar-refractivity contribution in [1.82, 2.24) is 5.32 Å². The van der Waals surface area contributed by atoms with Crippen LogP contribution in [0, 0.1) is 17.5 Å². The van der Waals surface area contributed by atoms with E-state index in [1.807, 2.05) is 0 Å². The first kappa shape index (κ1) is 17.4. The number of nitrogens with one attached hydrogen (secondary N) is 1. The number of benzene rings is 2. The number of rotatable bonds is 7. The first-order valence-corrected chi connectivity index (χ1v) is 8.23. The number of amides is 1. The van der Waals surface area contributed by atoms with Gasteiger partial charge in [-0.25, -0.2) is 13.2 Å². The third-order valence-electron chi connectivity index (χ3n) is 3.17. The lowest BCUT2D eigenvalue weighted by atomic mass is 10.1. The van der Waals surface area contributed by atoms with Crippen molar-refractivity contribution in [3.05, 3.63) is 71.0 Å². The molecule has 0 aliphatic rings. The minimum absolute atomic E-state index is 0.0215. The SMILES string of the molecule is O=C(CSCc1ccc(F)cc1)NCCc1c(F)cccc1F. The van der Waals surface area contributed by atoms with Crippen molar-refractivity contribution in [1.29, 1.82) is 0 Å². The van der Waals surface area contributed by atoms with Gasteiger partial charge in [0, 0.05) is 17.9 Å². The van der Waals surface area contributed by atoms with E-state index < -0.39 is 11.6 Å². The van der Waals surface area contributed by atoms with Crippen LogP contribution in [0.3, 0.4) is 0 Å². The number of hydrogen-bond donors (Lipinski definition) is 1. The number of halogens is 3. The summed E-state index contributed by atoms with van der Waals surface area (Å²) in [6.07, 6.45) is 0.104. The van der Waals surface area contributed by atoms with Crippen molar-refractivity contribution >= 4 is 17.7 Å². The molecule has 0 aliphatic carbocycles. The molecule has 0 saturated heterocycles. The average molecular weight is 339 g/mol. The minimum atomic E-state index is -0.607. The Morgan fingerprint density at radius 1 is 1.00 bits per heavy atom. The van der Waals surface area contributed by atoms with Gasteiger partial charge in [0.05, 0.1) is 5.75 Å². The summed E-state index contributed by atoms with van der Waals surface area (Å²) < 4.78 is 39.6. The van der Waals surface area contributed by atoms with E-state index in [4.69, 9.17) is 0 Å². The number of hydrogen-bond acceptors (Lipinski definition) is 2. The van der Waals surface area contributed by atoms with E-state index in [1.165, 1.54) is 42.1 Å². The predicted molar refractivity (Wildman–Crippen MR) is 85.6 cm³/mol. The summed E-state index contributed by atoms with van der Waals surface area (Å²) in [5, 5.41) is 2.63. The molecule has 1 amide bonds. The standard InChI is InChI=1S/C17H16F3NOS/c18-13-6-4-12(5-7-13)10-23-11-17(22)21-9-8-14-15(19)2-1-3-16(14)20/h1-7H,8-11H2,(H,21,22). The maximum absolute atomic E-state index is 13.4. The second-order valence-corrected chi connectivity index (χ2v) is 5.91. The summed E-state index contributed by atoms with van der Waals surface area (Å²) in [5.74, 6) is -0.882. The van der Waals surface area contributed by atoms with Gasteiger partial charge in [0.1, 0.15) is 17.5 Å². The van der Waals surface area contributed by atoms with Gasteiger partial charge in [0.2, 0.25) is 5.91 Å². The molecule has 6 heteroatoms. The van der Waals surface area contributed by atoms with Crippen LogP contribution in [0.25, 0.3) is 0 Å². The molecular weight excluding hydrogens is 323 g/mol. The Morgan fingerprint density at radius 2 is 1.65 bits per heavy atom. The van der Waals surface area contributed by atoms with Crippen LogP contribution < -0.4 is 5.32 Å². The van der Waals surface area contributed by atoms with Gasteiger partial charge in [-0.3, -0.25) is 4.79 Å². The van der Waals surface area contributed by atoms with Crippen LogP contribution in [0.1, 0.15) is 11.1 Å². The zero-order valence-electron chi connectivity index (χ0n) is 12.3. The van der Waals surface area contributed by atoms with Crippen LogP contribution in [0.5, 0.6) is 0 Å². The van der Waals surface area contributed by atoms with Crippen molar-refractivity contribution in [2.75, 3.05) is 12.3 Å². The zero-order chi connectivity index (χ0) is 16.7. The average Bonchev–Trinajstić information content (AvgIpc) is 2.52. The van der Waals surface area contributed by atoms with Gasteiger partial charge in [0.25, 0.3) is 0 Å². The molecule has 0 radical (unpaired) electrons. The van der Waals surface area contributed by atoms with Gasteiger partial charge < -0.3 is 5.32 Å². The Labute approximate surface area is 137 Å². The van der Waals surface area contributed by atoms with Crippen molar-refractivity contribution in [3.8, 4) is 0 Å². The summed E-state index contributed by atoms with van der Waals surface area (Å²) >= 11 is 1.39. The molecule has 0 aromatic heterocycles. The van der Waals surface area contributed by atoms with Gasteiger partial charge in [-0.05, 0) is 36.2 Å². The van der Waals surface area contributed by atoms with Gasteiger partial charge in [-0.1, -0.05) is 18.2 Å². The first-order chi connectivity index (χ1) is 11.1. The molecule has 0 bridgehead atoms. The predicted octanol–water partition coefficient (Wildman–Crippen LogP) is 3.70. The maximum atomic E-state index is 13.4. The minimum Gasteiger partial charge on any atom is -0.355 e. The molecule has 0 fully saturated rings. The molecule has 23 heavy (non-hydrogen) atoms. The van der Waals surface area contributed by atoms with Crippen LogP contribution in [0.15, 0.2) is 42.5 Å². The summed E-state index contributed by atoms with van der Waals surface area (Å²) in [4.78, 5) is 11.7. The highest BCUT2D eigenvalue weighted by atomic mass is 32.2. The second kappa shape index (κ2) is 8.62. The topological polar surface area (TPSA) is 29.1 Å². The molecule has 2 aromatic carbocycles. The van der Waals surface area contributed by atoms with Crippen LogP contribution in [-0.4, -0.2) is 18.2 Å². The molecule has 2 aromatic rings. The zero-order valence-corrected chi connectivity index (χ0v) is 13.1. The van der Waals surface area contributed by atoms with Crippen molar-refractivity contribution < 1.29 is 18.0 Å². The quantitative estimate of drug-likeness (QED) is 0.833. The fourth-order valence-electron chi connectivity index (χ4n) is 1.99. The van der Waals surface area contributed by atoms with Gasteiger partial charge in [0.15, 0.2) is 0 Å². The molecule has 2 rings (SSSR count). The lowest BCUT2D eigenvalue weighted by Gasteiger charge is -2.07. The molecule has 0 saturated carbocycles. The Morgan fingerprint density at radius 3 is 2.30 bits per heavy atom. The monoisotopic (exact) mass is 339 g/mol. The molecule has 0 heterocycles. The normalized spacial score (nSPS) is 10.6. The fourth-order valence-corrected chi connectivity index (χ4v) is 2.81. The van der Waals surface area contributed by atoms with E-state index in [9.17, 15) is 18.0 Å². The second-order valence-electron chi connectivity index (χ2n) is 4.92. The summed E-state index contributed by atoms with van der Waals surface area (Å²) in [6, 6.07) is 9.77. The molecular formula is C17H16F3NOS. The van der Waals surface area contributed by atoms with E-state index in [-0.39, 0.29) is 36.0 Å². The van der Waals surface area contributed by atoms with Crippen LogP contribution in [0.2, 0.25) is 0 Å². The summed E-state index contributed by atoms with van der Waals surface area (Å²) in [5.41, 5.74) is 0.907. The Hall–Kier alpha value is -1.95. The number of carbonyl (C=O) groups is 1. The molecule has 0 aliphatic heterocycles. The highest BCUT2D eigenvalue weighted by Crippen LogP contribution is 2.13. The van der Waals surface area contributed by atoms with E-state index in [0.29, 0.717) is 5.75 Å². The molecule has 2 nitrogen and oxygen atoms in total. The highest BCUT2D eigenvalue weighted by molar-refractivity contribution is 7.99. The molecule has 1 N–H and O–H groups in total. The largest absolute Gasteiger partial charge is 0.355 e. The molecule has 0 spiro atoms. The first-order valence-electron chi connectivity index (χ1n) is 7.08. The lowest BCUT2D eigenvalue weighted by Crippen LogP contribution is -2.27. The molecule has 0 atom stereocenters. The van der Waals surface area contributed by atoms with Crippen molar-refractivity contribution in [3.63, 3.8) is 0 Å². The van der Waals surface area contributed by atoms with Gasteiger partial charge in [-0.15, -0.1) is 11.8 Å². The van der Waals surface area contributed by atoms with Crippen LogP contribution in [-0.2, 0) is 17.0 Å². The van der Waals surface area contributed by atoms with Crippen LogP contribution in [0.4, 0.5) is 13.2 Å². The van der Waals surface area contributed by atoms with Crippen molar-refractivity contribution in [2.45, 2.75) is 12.2 Å². The van der Waals surface area contributed by atoms with E-state index in [2.05, 4.69) is 5.32 Å². The summed E-state index contributed by atoms with van der Waals surface area (Å²) in [6.45, 7) is 0.174. The number of carbonyl (C=O) groups excluding carboxylic acids is 1. The van der Waals surface area contributed by atoms with Crippen LogP contribution >= 0.6 is 11.8 Å². The molecule has 0 unspecified atom stereocenters. The van der Waals surface area contributed by atoms with Gasteiger partial charge in [-0.2, -0.15) is 0 Å². The lowest BCUT2D eigenvalue weighted by molar-refractivity contribution is -0.118. The smallest absolute Gasteiger partial charge is 0.230 e. The van der Waals surface area contributed by atoms with E-state index >= 15 is 0 Å². The Kier molecular flexibility index (Phi) is 6.52. The van der Waals surface area contributed by atoms with E-state index in [1.54, 1.807) is 12.1 Å². The Balaban J connectivity index is 1.68. The third-order valence-corrected chi connectivity index (χ3v) is 4.18. The third kappa shape index (κ3) is 5.63. The highest BCUT2D eigenvalue weighted by Gasteiger charge is 2.08. The molecule has 122 valence electrons. The fraction of sp³-hybridized carbons (Fsp3) is 0.235. The summed E-state index contributed by atoms with van der Waals surface area (Å²) in [7, 11) is 0. The van der Waals surface area contributed by atoms with E-state index in [0.717, 1.165) is 5.56 Å². The van der Waals surface area contributed by atoms with Crippen molar-refractivity contribution in [2.24, 2.45) is 0 Å². The maximum Gasteiger partial charge on any atom is 0.230 e. The number of thioether (sulfide) groups is 1. The Bertz CT molecular complexity index is 641. The van der Waals surface area contributed by atoms with Gasteiger partial charge >= 0.3 is 0 Å².